The van der Waals surface area contributed by atoms with E-state index in [1.807, 2.05) is 30.3 Å². The molecular weight excluding hydrogens is 376 g/mol. The smallest absolute Gasteiger partial charge is 0.270 e. The maximum Gasteiger partial charge on any atom is 0.270 e. The van der Waals surface area contributed by atoms with Crippen molar-refractivity contribution in [3.05, 3.63) is 69.3 Å². The van der Waals surface area contributed by atoms with Crippen LogP contribution in [0.4, 0.5) is 10.8 Å². The van der Waals surface area contributed by atoms with Gasteiger partial charge in [-0.25, -0.2) is 4.98 Å². The van der Waals surface area contributed by atoms with Crippen LogP contribution >= 0.6 is 11.3 Å². The molecule has 2 aromatic carbocycles. The number of rotatable bonds is 5. The van der Waals surface area contributed by atoms with E-state index in [1.165, 1.54) is 29.8 Å². The summed E-state index contributed by atoms with van der Waals surface area (Å²) in [4.78, 5) is 27.0. The summed E-state index contributed by atoms with van der Waals surface area (Å²) in [6.45, 7) is 4.18. The summed E-state index contributed by atoms with van der Waals surface area (Å²) in [5, 5.41) is 23.1. The summed E-state index contributed by atoms with van der Waals surface area (Å²) >= 11 is 1.11. The molecule has 0 bridgehead atoms. The van der Waals surface area contributed by atoms with Crippen LogP contribution in [0.25, 0.3) is 16.3 Å². The Hall–Kier alpha value is -3.57. The Morgan fingerprint density at radius 3 is 2.61 bits per heavy atom. The average molecular weight is 392 g/mol. The van der Waals surface area contributed by atoms with E-state index in [1.54, 1.807) is 0 Å². The second-order valence-electron chi connectivity index (χ2n) is 6.37. The molecule has 0 unspecified atom stereocenters. The van der Waals surface area contributed by atoms with Crippen molar-refractivity contribution < 1.29 is 9.72 Å². The third-order valence-corrected chi connectivity index (χ3v) is 5.02. The molecule has 1 heterocycles. The number of carbonyl (C=O) groups is 1. The first-order valence-electron chi connectivity index (χ1n) is 8.45. The molecule has 0 radical (unpaired) electrons. The van der Waals surface area contributed by atoms with E-state index in [4.69, 9.17) is 0 Å². The number of carbonyl (C=O) groups excluding carboxylic acids is 1. The standard InChI is InChI=1S/C20H16N4O3S/c1-12(2)14-5-3-13(4-6-14)9-15(11-21)19(25)23-20-22-17-8-7-16(24(26)27)10-18(17)28-20/h3-10,12H,1-2H3,(H,22,23,25)/b15-9+. The number of aromatic nitrogens is 1. The molecule has 0 aliphatic carbocycles. The molecule has 1 aromatic heterocycles. The number of hydrogen-bond acceptors (Lipinski definition) is 6. The predicted octanol–water partition coefficient (Wildman–Crippen LogP) is 4.87. The lowest BCUT2D eigenvalue weighted by Crippen LogP contribution is -2.13. The van der Waals surface area contributed by atoms with Crippen LogP contribution in [0.5, 0.6) is 0 Å². The number of nitro benzene ring substituents is 1. The zero-order valence-corrected chi connectivity index (χ0v) is 16.0. The zero-order chi connectivity index (χ0) is 20.3. The number of thiazole rings is 1. The van der Waals surface area contributed by atoms with Crippen LogP contribution in [0.2, 0.25) is 0 Å². The van der Waals surface area contributed by atoms with Crippen molar-refractivity contribution in [2.75, 3.05) is 5.32 Å². The molecule has 0 aliphatic rings. The van der Waals surface area contributed by atoms with Crippen molar-refractivity contribution in [2.24, 2.45) is 0 Å². The van der Waals surface area contributed by atoms with E-state index in [-0.39, 0.29) is 16.4 Å². The summed E-state index contributed by atoms with van der Waals surface area (Å²) in [5.41, 5.74) is 2.36. The van der Waals surface area contributed by atoms with Gasteiger partial charge in [-0.05, 0) is 29.2 Å². The molecule has 1 amide bonds. The third-order valence-electron chi connectivity index (χ3n) is 4.08. The van der Waals surface area contributed by atoms with Gasteiger partial charge < -0.3 is 0 Å². The van der Waals surface area contributed by atoms with E-state index in [2.05, 4.69) is 24.1 Å². The number of anilines is 1. The van der Waals surface area contributed by atoms with Gasteiger partial charge >= 0.3 is 0 Å². The molecule has 0 aliphatic heterocycles. The Balaban J connectivity index is 1.81. The summed E-state index contributed by atoms with van der Waals surface area (Å²) in [5.74, 6) is -0.185. The van der Waals surface area contributed by atoms with Crippen LogP contribution < -0.4 is 5.32 Å². The number of fused-ring (bicyclic) bond motifs is 1. The van der Waals surface area contributed by atoms with E-state index in [0.717, 1.165) is 16.9 Å². The number of nitro groups is 1. The molecule has 0 spiro atoms. The number of nitrogens with zero attached hydrogens (tertiary/aromatic N) is 3. The molecule has 3 aromatic rings. The first-order valence-corrected chi connectivity index (χ1v) is 9.27. The number of nitrogens with one attached hydrogen (secondary N) is 1. The minimum Gasteiger partial charge on any atom is -0.297 e. The van der Waals surface area contributed by atoms with Crippen LogP contribution in [0.1, 0.15) is 30.9 Å². The molecule has 0 saturated heterocycles. The van der Waals surface area contributed by atoms with E-state index in [0.29, 0.717) is 16.1 Å². The van der Waals surface area contributed by atoms with Gasteiger partial charge in [0.1, 0.15) is 11.6 Å². The topological polar surface area (TPSA) is 109 Å². The lowest BCUT2D eigenvalue weighted by Gasteiger charge is -2.05. The molecule has 140 valence electrons. The number of benzene rings is 2. The van der Waals surface area contributed by atoms with Crippen LogP contribution in [0.3, 0.4) is 0 Å². The minimum absolute atomic E-state index is 0.0449. The van der Waals surface area contributed by atoms with E-state index < -0.39 is 10.8 Å². The van der Waals surface area contributed by atoms with Crippen molar-refractivity contribution in [2.45, 2.75) is 19.8 Å². The normalized spacial score (nSPS) is 11.4. The maximum atomic E-state index is 12.4. The number of amides is 1. The van der Waals surface area contributed by atoms with Crippen molar-refractivity contribution in [3.63, 3.8) is 0 Å². The van der Waals surface area contributed by atoms with Gasteiger partial charge in [-0.15, -0.1) is 0 Å². The Morgan fingerprint density at radius 1 is 1.29 bits per heavy atom. The van der Waals surface area contributed by atoms with Crippen LogP contribution in [0.15, 0.2) is 48.0 Å². The minimum atomic E-state index is -0.580. The van der Waals surface area contributed by atoms with Gasteiger partial charge in [0.2, 0.25) is 0 Å². The molecule has 7 nitrogen and oxygen atoms in total. The van der Waals surface area contributed by atoms with Gasteiger partial charge in [0.05, 0.1) is 15.1 Å². The summed E-state index contributed by atoms with van der Waals surface area (Å²) < 4.78 is 0.580. The first-order chi connectivity index (χ1) is 13.4. The van der Waals surface area contributed by atoms with Gasteiger partial charge in [-0.1, -0.05) is 49.4 Å². The highest BCUT2D eigenvalue weighted by Gasteiger charge is 2.14. The molecular formula is C20H16N4O3S. The molecule has 1 N–H and O–H groups in total. The molecule has 8 heteroatoms. The van der Waals surface area contributed by atoms with Crippen molar-refractivity contribution in [1.29, 1.82) is 5.26 Å². The Kier molecular flexibility index (Phi) is 5.47. The fourth-order valence-corrected chi connectivity index (χ4v) is 3.43. The molecule has 0 fully saturated rings. The highest BCUT2D eigenvalue weighted by molar-refractivity contribution is 7.22. The summed E-state index contributed by atoms with van der Waals surface area (Å²) in [7, 11) is 0. The maximum absolute atomic E-state index is 12.4. The Bertz CT molecular complexity index is 1120. The van der Waals surface area contributed by atoms with Crippen LogP contribution in [0, 0.1) is 21.4 Å². The molecule has 28 heavy (non-hydrogen) atoms. The molecule has 0 saturated carbocycles. The average Bonchev–Trinajstić information content (AvgIpc) is 3.07. The van der Waals surface area contributed by atoms with Crippen LogP contribution in [-0.2, 0) is 4.79 Å². The number of nitriles is 1. The van der Waals surface area contributed by atoms with Crippen molar-refractivity contribution in [1.82, 2.24) is 4.98 Å². The van der Waals surface area contributed by atoms with Gasteiger partial charge in [0.25, 0.3) is 11.6 Å². The Morgan fingerprint density at radius 2 is 2.00 bits per heavy atom. The van der Waals surface area contributed by atoms with Crippen LogP contribution in [-0.4, -0.2) is 15.8 Å². The highest BCUT2D eigenvalue weighted by Crippen LogP contribution is 2.29. The van der Waals surface area contributed by atoms with Crippen molar-refractivity contribution in [3.8, 4) is 6.07 Å². The lowest BCUT2D eigenvalue weighted by atomic mass is 10.0. The zero-order valence-electron chi connectivity index (χ0n) is 15.2. The lowest BCUT2D eigenvalue weighted by molar-refractivity contribution is -0.384. The summed E-state index contributed by atoms with van der Waals surface area (Å²) in [6.07, 6.45) is 1.51. The monoisotopic (exact) mass is 392 g/mol. The largest absolute Gasteiger partial charge is 0.297 e. The second kappa shape index (κ2) is 7.98. The molecule has 3 rings (SSSR count). The fourth-order valence-electron chi connectivity index (χ4n) is 2.54. The number of hydrogen-bond donors (Lipinski definition) is 1. The van der Waals surface area contributed by atoms with Gasteiger partial charge in [0, 0.05) is 12.1 Å². The van der Waals surface area contributed by atoms with Gasteiger partial charge in [-0.3, -0.25) is 20.2 Å². The summed E-state index contributed by atoms with van der Waals surface area (Å²) in [6, 6.07) is 13.8. The van der Waals surface area contributed by atoms with Gasteiger partial charge in [0.15, 0.2) is 5.13 Å². The van der Waals surface area contributed by atoms with E-state index >= 15 is 0 Å². The van der Waals surface area contributed by atoms with Crippen molar-refractivity contribution >= 4 is 44.4 Å². The Labute approximate surface area is 165 Å². The third kappa shape index (κ3) is 4.22. The quantitative estimate of drug-likeness (QED) is 0.288. The predicted molar refractivity (Wildman–Crippen MR) is 109 cm³/mol. The highest BCUT2D eigenvalue weighted by atomic mass is 32.1. The van der Waals surface area contributed by atoms with E-state index in [9.17, 15) is 20.2 Å². The fraction of sp³-hybridized carbons (Fsp3) is 0.150. The van der Waals surface area contributed by atoms with Gasteiger partial charge in [-0.2, -0.15) is 5.26 Å². The first kappa shape index (κ1) is 19.2. The number of non-ortho nitro benzene ring substituents is 1. The molecule has 0 atom stereocenters. The second-order valence-corrected chi connectivity index (χ2v) is 7.40. The SMILES string of the molecule is CC(C)c1ccc(/C=C(\C#N)C(=O)Nc2nc3ccc([N+](=O)[O-])cc3s2)cc1.